The Balaban J connectivity index is 1.57. The van der Waals surface area contributed by atoms with Crippen molar-refractivity contribution in [2.24, 2.45) is 0 Å². The Morgan fingerprint density at radius 2 is 2.00 bits per heavy atom. The van der Waals surface area contributed by atoms with Gasteiger partial charge in [-0.25, -0.2) is 14.2 Å². The number of thiazole rings is 1. The molecule has 0 aliphatic heterocycles. The van der Waals surface area contributed by atoms with Crippen LogP contribution in [0.15, 0.2) is 52.7 Å². The molecule has 3 aromatic rings. The number of thioether (sulfide) groups is 1. The van der Waals surface area contributed by atoms with Gasteiger partial charge in [0.05, 0.1) is 16.3 Å². The van der Waals surface area contributed by atoms with E-state index in [1.165, 1.54) is 17.8 Å². The Kier molecular flexibility index (Phi) is 7.00. The molecule has 0 radical (unpaired) electrons. The fraction of sp³-hybridized carbons (Fsp3) is 0.190. The Labute approximate surface area is 176 Å². The molecule has 150 valence electrons. The second-order valence-electron chi connectivity index (χ2n) is 6.23. The minimum absolute atomic E-state index is 0.309. The van der Waals surface area contributed by atoms with Gasteiger partial charge in [0.15, 0.2) is 6.61 Å². The van der Waals surface area contributed by atoms with Gasteiger partial charge >= 0.3 is 5.97 Å². The molecule has 0 spiro atoms. The summed E-state index contributed by atoms with van der Waals surface area (Å²) in [4.78, 5) is 29.6. The van der Waals surface area contributed by atoms with Crippen molar-refractivity contribution in [1.29, 1.82) is 0 Å². The first-order valence-corrected chi connectivity index (χ1v) is 10.6. The van der Waals surface area contributed by atoms with Crippen LogP contribution in [0.5, 0.6) is 0 Å². The van der Waals surface area contributed by atoms with E-state index in [2.05, 4.69) is 10.3 Å². The van der Waals surface area contributed by atoms with Crippen LogP contribution in [0, 0.1) is 19.7 Å². The lowest BCUT2D eigenvalue weighted by Crippen LogP contribution is -2.21. The van der Waals surface area contributed by atoms with E-state index in [1.54, 1.807) is 42.5 Å². The van der Waals surface area contributed by atoms with E-state index >= 15 is 0 Å². The Hall–Kier alpha value is -2.71. The van der Waals surface area contributed by atoms with Gasteiger partial charge in [0.2, 0.25) is 0 Å². The molecule has 0 aliphatic rings. The van der Waals surface area contributed by atoms with Crippen LogP contribution in [0.1, 0.15) is 26.6 Å². The highest BCUT2D eigenvalue weighted by Crippen LogP contribution is 2.27. The number of hydrogen-bond acceptors (Lipinski definition) is 6. The van der Waals surface area contributed by atoms with Gasteiger partial charge in [-0.05, 0) is 43.7 Å². The number of nitrogens with zero attached hydrogens (tertiary/aromatic N) is 1. The van der Waals surface area contributed by atoms with Crippen LogP contribution in [0.25, 0.3) is 0 Å². The normalized spacial score (nSPS) is 10.6. The van der Waals surface area contributed by atoms with Crippen LogP contribution < -0.4 is 5.32 Å². The van der Waals surface area contributed by atoms with Crippen molar-refractivity contribution in [3.63, 3.8) is 0 Å². The van der Waals surface area contributed by atoms with Gasteiger partial charge in [-0.1, -0.05) is 18.2 Å². The van der Waals surface area contributed by atoms with Gasteiger partial charge in [0.1, 0.15) is 5.82 Å². The summed E-state index contributed by atoms with van der Waals surface area (Å²) in [6, 6.07) is 11.4. The zero-order chi connectivity index (χ0) is 20.8. The molecule has 0 aliphatic carbocycles. The van der Waals surface area contributed by atoms with Gasteiger partial charge in [0.25, 0.3) is 5.91 Å². The molecule has 0 saturated carbocycles. The van der Waals surface area contributed by atoms with E-state index in [4.69, 9.17) is 4.74 Å². The Bertz CT molecular complexity index is 1040. The van der Waals surface area contributed by atoms with Gasteiger partial charge in [0, 0.05) is 21.7 Å². The monoisotopic (exact) mass is 430 g/mol. The number of hydrogen-bond donors (Lipinski definition) is 1. The van der Waals surface area contributed by atoms with Crippen molar-refractivity contribution in [3.8, 4) is 0 Å². The standard InChI is InChI=1S/C21H19FN2O3S2/c1-13-7-8-15(9-18(13)22)24-20(25)10-27-21(26)17-5-3-4-6-19(17)29-12-16-11-28-14(2)23-16/h3-9,11H,10,12H2,1-2H3,(H,24,25). The van der Waals surface area contributed by atoms with E-state index in [-0.39, 0.29) is 0 Å². The van der Waals surface area contributed by atoms with Crippen LogP contribution in [-0.2, 0) is 15.3 Å². The highest BCUT2D eigenvalue weighted by atomic mass is 32.2. The van der Waals surface area contributed by atoms with Gasteiger partial charge < -0.3 is 10.1 Å². The van der Waals surface area contributed by atoms with Gasteiger partial charge in [-0.2, -0.15) is 0 Å². The molecule has 1 aromatic heterocycles. The predicted octanol–water partition coefficient (Wildman–Crippen LogP) is 4.99. The lowest BCUT2D eigenvalue weighted by atomic mass is 10.2. The second-order valence-corrected chi connectivity index (χ2v) is 8.31. The molecular weight excluding hydrogens is 411 g/mol. The number of benzene rings is 2. The minimum Gasteiger partial charge on any atom is -0.452 e. The van der Waals surface area contributed by atoms with Crippen molar-refractivity contribution in [2.75, 3.05) is 11.9 Å². The number of amides is 1. The maximum atomic E-state index is 13.6. The number of ether oxygens (including phenoxy) is 1. The molecule has 3 rings (SSSR count). The number of nitrogens with one attached hydrogen (secondary N) is 1. The first-order valence-electron chi connectivity index (χ1n) is 8.78. The average molecular weight is 431 g/mol. The zero-order valence-electron chi connectivity index (χ0n) is 15.9. The summed E-state index contributed by atoms with van der Waals surface area (Å²) < 4.78 is 18.7. The molecule has 8 heteroatoms. The van der Waals surface area contributed by atoms with Crippen molar-refractivity contribution in [3.05, 3.63) is 75.5 Å². The summed E-state index contributed by atoms with van der Waals surface area (Å²) in [6.45, 7) is 3.12. The number of carbonyl (C=O) groups excluding carboxylic acids is 2. The SMILES string of the molecule is Cc1nc(CSc2ccccc2C(=O)OCC(=O)Nc2ccc(C)c(F)c2)cs1. The third-order valence-electron chi connectivity index (χ3n) is 3.94. The molecule has 29 heavy (non-hydrogen) atoms. The number of anilines is 1. The van der Waals surface area contributed by atoms with Gasteiger partial charge in [-0.15, -0.1) is 23.1 Å². The first-order chi connectivity index (χ1) is 13.9. The Morgan fingerprint density at radius 1 is 1.21 bits per heavy atom. The number of halogens is 1. The number of rotatable bonds is 7. The van der Waals surface area contributed by atoms with Crippen molar-refractivity contribution in [1.82, 2.24) is 4.98 Å². The fourth-order valence-electron chi connectivity index (χ4n) is 2.46. The molecule has 0 fully saturated rings. The maximum Gasteiger partial charge on any atom is 0.339 e. The highest BCUT2D eigenvalue weighted by molar-refractivity contribution is 7.98. The number of aromatic nitrogens is 1. The number of esters is 1. The summed E-state index contributed by atoms with van der Waals surface area (Å²) >= 11 is 3.06. The molecule has 0 bridgehead atoms. The molecule has 1 heterocycles. The highest BCUT2D eigenvalue weighted by Gasteiger charge is 2.15. The first kappa shape index (κ1) is 21.0. The van der Waals surface area contributed by atoms with Crippen molar-refractivity contribution in [2.45, 2.75) is 24.5 Å². The maximum absolute atomic E-state index is 13.6. The van der Waals surface area contributed by atoms with E-state index in [0.29, 0.717) is 22.6 Å². The summed E-state index contributed by atoms with van der Waals surface area (Å²) in [6.07, 6.45) is 0. The largest absolute Gasteiger partial charge is 0.452 e. The molecule has 0 unspecified atom stereocenters. The third kappa shape index (κ3) is 5.88. The van der Waals surface area contributed by atoms with Gasteiger partial charge in [-0.3, -0.25) is 4.79 Å². The molecule has 1 amide bonds. The molecular formula is C21H19FN2O3S2. The van der Waals surface area contributed by atoms with Crippen LogP contribution >= 0.6 is 23.1 Å². The summed E-state index contributed by atoms with van der Waals surface area (Å²) in [5.74, 6) is -0.910. The molecule has 1 N–H and O–H groups in total. The topological polar surface area (TPSA) is 68.3 Å². The Morgan fingerprint density at radius 3 is 2.72 bits per heavy atom. The minimum atomic E-state index is -0.590. The van der Waals surface area contributed by atoms with E-state index in [9.17, 15) is 14.0 Å². The fourth-order valence-corrected chi connectivity index (χ4v) is 4.11. The van der Waals surface area contributed by atoms with Crippen molar-refractivity contribution < 1.29 is 18.7 Å². The summed E-state index contributed by atoms with van der Waals surface area (Å²) in [7, 11) is 0. The number of carbonyl (C=O) groups is 2. The quantitative estimate of drug-likeness (QED) is 0.423. The molecule has 0 saturated heterocycles. The lowest BCUT2D eigenvalue weighted by Gasteiger charge is -2.10. The van der Waals surface area contributed by atoms with Crippen LogP contribution in [0.2, 0.25) is 0 Å². The van der Waals surface area contributed by atoms with E-state index in [0.717, 1.165) is 15.6 Å². The smallest absolute Gasteiger partial charge is 0.339 e. The molecule has 5 nitrogen and oxygen atoms in total. The summed E-state index contributed by atoms with van der Waals surface area (Å²) in [5, 5.41) is 5.49. The lowest BCUT2D eigenvalue weighted by molar-refractivity contribution is -0.119. The molecule has 2 aromatic carbocycles. The van der Waals surface area contributed by atoms with Crippen molar-refractivity contribution >= 4 is 40.7 Å². The zero-order valence-corrected chi connectivity index (χ0v) is 17.5. The van der Waals surface area contributed by atoms with Crippen LogP contribution in [0.3, 0.4) is 0 Å². The van der Waals surface area contributed by atoms with Crippen LogP contribution in [-0.4, -0.2) is 23.5 Å². The average Bonchev–Trinajstić information content (AvgIpc) is 3.13. The second kappa shape index (κ2) is 9.67. The summed E-state index contributed by atoms with van der Waals surface area (Å²) in [5.41, 5.74) is 2.13. The van der Waals surface area contributed by atoms with E-state index < -0.39 is 24.3 Å². The molecule has 0 atom stereocenters. The van der Waals surface area contributed by atoms with Crippen LogP contribution in [0.4, 0.5) is 10.1 Å². The third-order valence-corrected chi connectivity index (χ3v) is 5.87. The predicted molar refractivity (Wildman–Crippen MR) is 113 cm³/mol. The van der Waals surface area contributed by atoms with E-state index in [1.807, 2.05) is 24.4 Å². The number of aryl methyl sites for hydroxylation is 2.